The summed E-state index contributed by atoms with van der Waals surface area (Å²) in [6.07, 6.45) is 3.18. The minimum Gasteiger partial charge on any atom is -0.309 e. The van der Waals surface area contributed by atoms with Gasteiger partial charge in [0.05, 0.1) is 4.90 Å². The average Bonchev–Trinajstić information content (AvgIpc) is 2.89. The first-order chi connectivity index (χ1) is 17.0. The van der Waals surface area contributed by atoms with Gasteiger partial charge in [-0.3, -0.25) is 0 Å². The molecule has 0 spiro atoms. The molecule has 2 unspecified atom stereocenters. The van der Waals surface area contributed by atoms with Gasteiger partial charge in [-0.2, -0.15) is 0 Å². The third-order valence-electron chi connectivity index (χ3n) is 6.30. The van der Waals surface area contributed by atoms with Crippen LogP contribution >= 0.6 is 0 Å². The first kappa shape index (κ1) is 24.9. The van der Waals surface area contributed by atoms with Crippen molar-refractivity contribution in [3.8, 4) is 0 Å². The van der Waals surface area contributed by atoms with Gasteiger partial charge in [-0.1, -0.05) is 103 Å². The molecule has 35 heavy (non-hydrogen) atoms. The molecule has 0 fully saturated rings. The minimum atomic E-state index is -3.80. The fourth-order valence-electron chi connectivity index (χ4n) is 4.57. The predicted molar refractivity (Wildman–Crippen MR) is 143 cm³/mol. The van der Waals surface area contributed by atoms with Crippen LogP contribution in [0.15, 0.2) is 120 Å². The number of nitrogens with two attached hydrogens (primary N) is 1. The molecule has 4 rings (SSSR count). The molecule has 0 aliphatic rings. The highest BCUT2D eigenvalue weighted by molar-refractivity contribution is 7.89. The van der Waals surface area contributed by atoms with Crippen LogP contribution < -0.4 is 10.5 Å². The average molecular weight is 485 g/mol. The Morgan fingerprint density at radius 1 is 0.657 bits per heavy atom. The number of hydrogen-bond donors (Lipinski definition) is 2. The summed E-state index contributed by atoms with van der Waals surface area (Å²) in [4.78, 5) is 0.130. The van der Waals surface area contributed by atoms with Crippen LogP contribution in [-0.4, -0.2) is 15.0 Å². The van der Waals surface area contributed by atoms with Crippen molar-refractivity contribution in [2.24, 2.45) is 5.14 Å². The van der Waals surface area contributed by atoms with Crippen LogP contribution in [0, 0.1) is 0 Å². The number of rotatable bonds is 11. The molecule has 4 aromatic rings. The van der Waals surface area contributed by atoms with Gasteiger partial charge < -0.3 is 5.32 Å². The zero-order valence-electron chi connectivity index (χ0n) is 19.8. The van der Waals surface area contributed by atoms with Gasteiger partial charge in [0, 0.05) is 12.0 Å². The molecule has 0 aliphatic carbocycles. The van der Waals surface area contributed by atoms with E-state index in [4.69, 9.17) is 5.14 Å². The van der Waals surface area contributed by atoms with Gasteiger partial charge in [-0.15, -0.1) is 0 Å². The topological polar surface area (TPSA) is 72.2 Å². The Balaban J connectivity index is 1.62. The lowest BCUT2D eigenvalue weighted by molar-refractivity contribution is 0.472. The quantitative estimate of drug-likeness (QED) is 0.264. The van der Waals surface area contributed by atoms with E-state index < -0.39 is 10.0 Å². The molecular weight excluding hydrogens is 452 g/mol. The van der Waals surface area contributed by atoms with Gasteiger partial charge in [-0.25, -0.2) is 13.6 Å². The zero-order valence-corrected chi connectivity index (χ0v) is 20.6. The van der Waals surface area contributed by atoms with Crippen LogP contribution in [0.4, 0.5) is 0 Å². The Bertz CT molecular complexity index is 1290. The van der Waals surface area contributed by atoms with Crippen molar-refractivity contribution in [2.75, 3.05) is 6.54 Å². The highest BCUT2D eigenvalue weighted by atomic mass is 32.2. The van der Waals surface area contributed by atoms with Crippen molar-refractivity contribution in [2.45, 2.75) is 36.1 Å². The predicted octanol–water partition coefficient (Wildman–Crippen LogP) is 5.82. The molecule has 5 heteroatoms. The fourth-order valence-corrected chi connectivity index (χ4v) is 5.14. The fraction of sp³-hybridized carbons (Fsp3) is 0.200. The third-order valence-corrected chi connectivity index (χ3v) is 7.21. The highest BCUT2D eigenvalue weighted by Crippen LogP contribution is 2.37. The molecule has 0 aliphatic heterocycles. The first-order valence-corrected chi connectivity index (χ1v) is 13.6. The maximum atomic E-state index is 12.1. The third kappa shape index (κ3) is 6.89. The van der Waals surface area contributed by atoms with Crippen LogP contribution in [-0.2, 0) is 16.4 Å². The normalized spacial score (nSPS) is 13.3. The van der Waals surface area contributed by atoms with Crippen molar-refractivity contribution in [3.05, 3.63) is 138 Å². The SMILES string of the molecule is NS(=O)(=O)c1cccc(C(c2ccccc2)C(NCCCCc2ccccc2)c2ccccc2)c1. The molecule has 0 radical (unpaired) electrons. The molecular formula is C30H32N2O2S. The van der Waals surface area contributed by atoms with E-state index in [1.165, 1.54) is 5.56 Å². The number of sulfonamides is 1. The second-order valence-electron chi connectivity index (χ2n) is 8.79. The molecule has 0 saturated heterocycles. The molecule has 2 atom stereocenters. The standard InChI is InChI=1S/C30H32N2O2S/c31-35(33,34)28-21-12-20-27(23-28)29(25-16-6-2-7-17-25)30(26-18-8-3-9-19-26)32-22-11-10-15-24-13-4-1-5-14-24/h1-9,12-14,16-21,23,29-30,32H,10-11,15,22H2,(H2,31,33,34). The Labute approximate surface area is 208 Å². The summed E-state index contributed by atoms with van der Waals surface area (Å²) < 4.78 is 24.2. The summed E-state index contributed by atoms with van der Waals surface area (Å²) in [6, 6.07) is 38.1. The Morgan fingerprint density at radius 3 is 1.86 bits per heavy atom. The smallest absolute Gasteiger partial charge is 0.238 e. The second-order valence-corrected chi connectivity index (χ2v) is 10.4. The Morgan fingerprint density at radius 2 is 1.23 bits per heavy atom. The van der Waals surface area contributed by atoms with Crippen LogP contribution in [0.2, 0.25) is 0 Å². The van der Waals surface area contributed by atoms with Crippen LogP contribution in [0.3, 0.4) is 0 Å². The molecule has 0 amide bonds. The lowest BCUT2D eigenvalue weighted by atomic mass is 9.81. The summed E-state index contributed by atoms with van der Waals surface area (Å²) in [7, 11) is -3.80. The van der Waals surface area contributed by atoms with E-state index in [0.717, 1.165) is 42.5 Å². The van der Waals surface area contributed by atoms with Crippen molar-refractivity contribution in [1.29, 1.82) is 0 Å². The van der Waals surface area contributed by atoms with E-state index in [1.807, 2.05) is 48.5 Å². The van der Waals surface area contributed by atoms with Gasteiger partial charge in [0.2, 0.25) is 10.0 Å². The summed E-state index contributed by atoms with van der Waals surface area (Å²) >= 11 is 0. The van der Waals surface area contributed by atoms with Crippen LogP contribution in [0.5, 0.6) is 0 Å². The zero-order chi connectivity index (χ0) is 24.5. The Hall–Kier alpha value is -3.25. The molecule has 180 valence electrons. The molecule has 0 aromatic heterocycles. The van der Waals surface area contributed by atoms with E-state index in [2.05, 4.69) is 53.8 Å². The number of hydrogen-bond acceptors (Lipinski definition) is 3. The van der Waals surface area contributed by atoms with Crippen LogP contribution in [0.1, 0.15) is 47.1 Å². The number of primary sulfonamides is 1. The monoisotopic (exact) mass is 484 g/mol. The van der Waals surface area contributed by atoms with E-state index in [9.17, 15) is 8.42 Å². The van der Waals surface area contributed by atoms with Crippen molar-refractivity contribution in [3.63, 3.8) is 0 Å². The molecule has 0 bridgehead atoms. The number of unbranched alkanes of at least 4 members (excludes halogenated alkanes) is 1. The lowest BCUT2D eigenvalue weighted by Crippen LogP contribution is -2.29. The van der Waals surface area contributed by atoms with E-state index in [0.29, 0.717) is 0 Å². The summed E-state index contributed by atoms with van der Waals surface area (Å²) in [5, 5.41) is 9.27. The van der Waals surface area contributed by atoms with Crippen molar-refractivity contribution in [1.82, 2.24) is 5.32 Å². The van der Waals surface area contributed by atoms with Crippen molar-refractivity contribution < 1.29 is 8.42 Å². The number of nitrogens with one attached hydrogen (secondary N) is 1. The van der Waals surface area contributed by atoms with Gasteiger partial charge in [-0.05, 0) is 60.2 Å². The van der Waals surface area contributed by atoms with Crippen LogP contribution in [0.25, 0.3) is 0 Å². The molecule has 0 saturated carbocycles. The summed E-state index contributed by atoms with van der Waals surface area (Å²) in [5.74, 6) is -0.0885. The van der Waals surface area contributed by atoms with Gasteiger partial charge in [0.25, 0.3) is 0 Å². The number of aryl methyl sites for hydroxylation is 1. The highest BCUT2D eigenvalue weighted by Gasteiger charge is 2.27. The maximum absolute atomic E-state index is 12.1. The first-order valence-electron chi connectivity index (χ1n) is 12.0. The summed E-state index contributed by atoms with van der Waals surface area (Å²) in [6.45, 7) is 0.852. The summed E-state index contributed by atoms with van der Waals surface area (Å²) in [5.41, 5.74) is 4.54. The molecule has 0 heterocycles. The maximum Gasteiger partial charge on any atom is 0.238 e. The lowest BCUT2D eigenvalue weighted by Gasteiger charge is -2.30. The molecule has 3 N–H and O–H groups in total. The molecule has 4 aromatic carbocycles. The second kappa shape index (κ2) is 11.9. The molecule has 4 nitrogen and oxygen atoms in total. The largest absolute Gasteiger partial charge is 0.309 e. The van der Waals surface area contributed by atoms with Crippen molar-refractivity contribution >= 4 is 10.0 Å². The van der Waals surface area contributed by atoms with E-state index in [1.54, 1.807) is 18.2 Å². The van der Waals surface area contributed by atoms with Gasteiger partial charge >= 0.3 is 0 Å². The van der Waals surface area contributed by atoms with E-state index in [-0.39, 0.29) is 16.9 Å². The Kier molecular flexibility index (Phi) is 8.48. The van der Waals surface area contributed by atoms with Gasteiger partial charge in [0.15, 0.2) is 0 Å². The van der Waals surface area contributed by atoms with Gasteiger partial charge in [0.1, 0.15) is 0 Å². The minimum absolute atomic E-state index is 0.0361. The number of benzene rings is 4. The van der Waals surface area contributed by atoms with E-state index >= 15 is 0 Å².